The molecule has 71 heavy (non-hydrogen) atoms. The van der Waals surface area contributed by atoms with Crippen LogP contribution < -0.4 is 0 Å². The summed E-state index contributed by atoms with van der Waals surface area (Å²) < 4.78 is 16.8. The molecule has 1 atom stereocenters. The first-order valence-corrected chi connectivity index (χ1v) is 29.7. The van der Waals surface area contributed by atoms with Crippen molar-refractivity contribution in [3.05, 3.63) is 97.2 Å². The molecule has 406 valence electrons. The summed E-state index contributed by atoms with van der Waals surface area (Å²) >= 11 is 0. The van der Waals surface area contributed by atoms with E-state index in [1.165, 1.54) is 148 Å². The van der Waals surface area contributed by atoms with Crippen molar-refractivity contribution in [3.63, 3.8) is 0 Å². The van der Waals surface area contributed by atoms with E-state index in [0.29, 0.717) is 19.3 Å². The van der Waals surface area contributed by atoms with E-state index in [-0.39, 0.29) is 37.5 Å². The smallest absolute Gasteiger partial charge is 0.306 e. The maximum absolute atomic E-state index is 12.9. The van der Waals surface area contributed by atoms with Gasteiger partial charge >= 0.3 is 17.9 Å². The molecule has 0 aliphatic rings. The molecule has 0 aliphatic carbocycles. The molecule has 0 aromatic heterocycles. The minimum absolute atomic E-state index is 0.106. The Bertz CT molecular complexity index is 1410. The van der Waals surface area contributed by atoms with Gasteiger partial charge in [0.05, 0.1) is 0 Å². The number of unbranched alkanes of at least 4 members (excludes halogenated alkanes) is 26. The molecular formula is C65H110O6. The molecule has 0 saturated heterocycles. The lowest BCUT2D eigenvalue weighted by molar-refractivity contribution is -0.166. The highest BCUT2D eigenvalue weighted by Crippen LogP contribution is 2.14. The Morgan fingerprint density at radius 2 is 0.535 bits per heavy atom. The van der Waals surface area contributed by atoms with Crippen LogP contribution in [0.4, 0.5) is 0 Å². The molecular weight excluding hydrogens is 877 g/mol. The SMILES string of the molecule is CCCCC/C=C\C/C=C\C/C=C\C/C=C\C/C=C\CCC(=O)OC[C@H](COC(=O)CCCCCCCCCCC/C=C\C/C=C\CCCCC)OC(=O)CCCCCCC/C=C\CCCCCCCC. The van der Waals surface area contributed by atoms with E-state index in [2.05, 4.69) is 112 Å². The van der Waals surface area contributed by atoms with Gasteiger partial charge in [0.15, 0.2) is 6.10 Å². The van der Waals surface area contributed by atoms with E-state index < -0.39 is 6.10 Å². The van der Waals surface area contributed by atoms with Gasteiger partial charge in [0.25, 0.3) is 0 Å². The number of esters is 3. The van der Waals surface area contributed by atoms with Crippen molar-refractivity contribution in [3.8, 4) is 0 Å². The number of hydrogen-bond acceptors (Lipinski definition) is 6. The van der Waals surface area contributed by atoms with Crippen LogP contribution in [-0.4, -0.2) is 37.2 Å². The van der Waals surface area contributed by atoms with Crippen LogP contribution in [-0.2, 0) is 28.6 Å². The molecule has 0 bridgehead atoms. The molecule has 0 fully saturated rings. The third-order valence-electron chi connectivity index (χ3n) is 12.5. The zero-order valence-corrected chi connectivity index (χ0v) is 46.5. The van der Waals surface area contributed by atoms with Crippen molar-refractivity contribution < 1.29 is 28.6 Å². The predicted octanol–water partition coefficient (Wildman–Crippen LogP) is 20.1. The van der Waals surface area contributed by atoms with Gasteiger partial charge < -0.3 is 14.2 Å². The standard InChI is InChI=1S/C65H110O6/c1-4-7-10-13-16-19-22-25-28-30-32-34-37-39-42-45-48-51-54-57-63(66)69-60-62(71-65(68)59-56-53-50-47-44-41-36-27-24-21-18-15-12-9-6-3)61-70-64(67)58-55-52-49-46-43-40-38-35-33-31-29-26-23-20-17-14-11-8-5-2/h16-17,19-20,25-29,32,34,36,39,42,48,51,62H,4-15,18,21-24,30-31,33,35,37-38,40-41,43-47,49-50,52-61H2,1-3H3/b19-16-,20-17-,28-25-,29-26-,34-32-,36-27-,42-39-,51-48-/t62-/m1/s1. The van der Waals surface area contributed by atoms with Gasteiger partial charge in [-0.15, -0.1) is 0 Å². The average Bonchev–Trinajstić information content (AvgIpc) is 3.37. The van der Waals surface area contributed by atoms with Crippen LogP contribution in [0.3, 0.4) is 0 Å². The Morgan fingerprint density at radius 1 is 0.282 bits per heavy atom. The summed E-state index contributed by atoms with van der Waals surface area (Å²) in [7, 11) is 0. The van der Waals surface area contributed by atoms with Crippen LogP contribution in [0.5, 0.6) is 0 Å². The quantitative estimate of drug-likeness (QED) is 0.0261. The monoisotopic (exact) mass is 987 g/mol. The number of rotatable bonds is 53. The lowest BCUT2D eigenvalue weighted by Crippen LogP contribution is -2.30. The summed E-state index contributed by atoms with van der Waals surface area (Å²) in [5, 5.41) is 0. The van der Waals surface area contributed by atoms with Crippen LogP contribution >= 0.6 is 0 Å². The summed E-state index contributed by atoms with van der Waals surface area (Å²) in [4.78, 5) is 38.2. The van der Waals surface area contributed by atoms with E-state index >= 15 is 0 Å². The Labute approximate surface area is 438 Å². The van der Waals surface area contributed by atoms with Crippen molar-refractivity contribution in [2.45, 2.75) is 284 Å². The molecule has 0 aromatic rings. The zero-order chi connectivity index (χ0) is 51.4. The topological polar surface area (TPSA) is 78.9 Å². The molecule has 0 N–H and O–H groups in total. The first-order chi connectivity index (χ1) is 35.0. The Hall–Kier alpha value is -3.67. The second kappa shape index (κ2) is 58.9. The lowest BCUT2D eigenvalue weighted by Gasteiger charge is -2.18. The van der Waals surface area contributed by atoms with Gasteiger partial charge in [-0.25, -0.2) is 0 Å². The highest BCUT2D eigenvalue weighted by Gasteiger charge is 2.19. The van der Waals surface area contributed by atoms with Crippen molar-refractivity contribution >= 4 is 17.9 Å². The summed E-state index contributed by atoms with van der Waals surface area (Å²) in [5.74, 6) is -1.00. The third-order valence-corrected chi connectivity index (χ3v) is 12.5. The lowest BCUT2D eigenvalue weighted by atomic mass is 10.1. The van der Waals surface area contributed by atoms with Gasteiger partial charge in [0.1, 0.15) is 13.2 Å². The minimum Gasteiger partial charge on any atom is -0.462 e. The maximum Gasteiger partial charge on any atom is 0.306 e. The van der Waals surface area contributed by atoms with Crippen molar-refractivity contribution in [1.82, 2.24) is 0 Å². The fraction of sp³-hybridized carbons (Fsp3) is 0.708. The van der Waals surface area contributed by atoms with E-state index in [1.807, 2.05) is 6.08 Å². The summed E-state index contributed by atoms with van der Waals surface area (Å²) in [6.45, 7) is 6.52. The van der Waals surface area contributed by atoms with Gasteiger partial charge in [0, 0.05) is 19.3 Å². The number of carbonyl (C=O) groups excluding carboxylic acids is 3. The van der Waals surface area contributed by atoms with Crippen molar-refractivity contribution in [2.24, 2.45) is 0 Å². The van der Waals surface area contributed by atoms with Crippen molar-refractivity contribution in [1.29, 1.82) is 0 Å². The fourth-order valence-corrected chi connectivity index (χ4v) is 8.04. The number of hydrogen-bond donors (Lipinski definition) is 0. The van der Waals surface area contributed by atoms with Gasteiger partial charge in [0.2, 0.25) is 0 Å². The molecule has 0 saturated carbocycles. The molecule has 0 radical (unpaired) electrons. The number of ether oxygens (including phenoxy) is 3. The van der Waals surface area contributed by atoms with Crippen molar-refractivity contribution in [2.75, 3.05) is 13.2 Å². The third kappa shape index (κ3) is 57.1. The summed E-state index contributed by atoms with van der Waals surface area (Å²) in [6.07, 6.45) is 78.3. The van der Waals surface area contributed by atoms with E-state index in [1.54, 1.807) is 0 Å². The normalized spacial score (nSPS) is 12.8. The molecule has 0 rings (SSSR count). The Kier molecular flexibility index (Phi) is 55.9. The molecule has 0 aromatic carbocycles. The Balaban J connectivity index is 4.49. The van der Waals surface area contributed by atoms with Gasteiger partial charge in [-0.05, 0) is 116 Å². The summed E-state index contributed by atoms with van der Waals surface area (Å²) in [6, 6.07) is 0. The van der Waals surface area contributed by atoms with Crippen LogP contribution in [0.1, 0.15) is 278 Å². The molecule has 6 heteroatoms. The van der Waals surface area contributed by atoms with Crippen LogP contribution in [0.15, 0.2) is 97.2 Å². The van der Waals surface area contributed by atoms with Gasteiger partial charge in [-0.1, -0.05) is 240 Å². The second-order valence-electron chi connectivity index (χ2n) is 19.5. The van der Waals surface area contributed by atoms with Crippen LogP contribution in [0.2, 0.25) is 0 Å². The highest BCUT2D eigenvalue weighted by molar-refractivity contribution is 5.71. The zero-order valence-electron chi connectivity index (χ0n) is 46.5. The molecule has 0 heterocycles. The first kappa shape index (κ1) is 67.3. The Morgan fingerprint density at radius 3 is 0.915 bits per heavy atom. The van der Waals surface area contributed by atoms with E-state index in [4.69, 9.17) is 14.2 Å². The summed E-state index contributed by atoms with van der Waals surface area (Å²) in [5.41, 5.74) is 0. The second-order valence-corrected chi connectivity index (χ2v) is 19.5. The average molecular weight is 988 g/mol. The minimum atomic E-state index is -0.815. The maximum atomic E-state index is 12.9. The predicted molar refractivity (Wildman–Crippen MR) is 307 cm³/mol. The van der Waals surface area contributed by atoms with Crippen LogP contribution in [0, 0.1) is 0 Å². The van der Waals surface area contributed by atoms with E-state index in [0.717, 1.165) is 83.5 Å². The molecule has 0 spiro atoms. The largest absolute Gasteiger partial charge is 0.462 e. The fourth-order valence-electron chi connectivity index (χ4n) is 8.04. The highest BCUT2D eigenvalue weighted by atomic mass is 16.6. The molecule has 0 amide bonds. The van der Waals surface area contributed by atoms with Crippen LogP contribution in [0.25, 0.3) is 0 Å². The van der Waals surface area contributed by atoms with E-state index in [9.17, 15) is 14.4 Å². The number of carbonyl (C=O) groups is 3. The van der Waals surface area contributed by atoms with Gasteiger partial charge in [-0.3, -0.25) is 14.4 Å². The molecule has 6 nitrogen and oxygen atoms in total. The number of allylic oxidation sites excluding steroid dienone is 16. The molecule has 0 unspecified atom stereocenters. The molecule has 0 aliphatic heterocycles. The van der Waals surface area contributed by atoms with Gasteiger partial charge in [-0.2, -0.15) is 0 Å². The first-order valence-electron chi connectivity index (χ1n) is 29.7.